The zero-order valence-corrected chi connectivity index (χ0v) is 16.8. The topological polar surface area (TPSA) is 58.6 Å². The van der Waals surface area contributed by atoms with Crippen LogP contribution in [0.1, 0.15) is 31.0 Å². The lowest BCUT2D eigenvalue weighted by molar-refractivity contribution is -0.139. The highest BCUT2D eigenvalue weighted by Gasteiger charge is 2.37. The Labute approximate surface area is 167 Å². The van der Waals surface area contributed by atoms with Crippen molar-refractivity contribution < 1.29 is 14.3 Å². The standard InChI is InChI=1S/C21H21BrN2O3/c1-3-27-20(25)18-14(2)24(13-15-9-5-4-6-10-15)21(26)23-19(18)16-11-7-8-12-17(16)22/h4-12,19H,3,13H2,1-2H3,(H,23,26). The van der Waals surface area contributed by atoms with Crippen molar-refractivity contribution in [3.05, 3.63) is 81.5 Å². The van der Waals surface area contributed by atoms with Crippen molar-refractivity contribution in [3.63, 3.8) is 0 Å². The van der Waals surface area contributed by atoms with Gasteiger partial charge in [0.1, 0.15) is 0 Å². The first-order chi connectivity index (χ1) is 13.0. The molecule has 3 rings (SSSR count). The number of esters is 1. The molecule has 0 bridgehead atoms. The minimum absolute atomic E-state index is 0.245. The van der Waals surface area contributed by atoms with E-state index < -0.39 is 12.0 Å². The highest BCUT2D eigenvalue weighted by Crippen LogP contribution is 2.35. The van der Waals surface area contributed by atoms with E-state index in [0.29, 0.717) is 17.8 Å². The van der Waals surface area contributed by atoms with Gasteiger partial charge < -0.3 is 10.1 Å². The molecule has 0 saturated carbocycles. The average Bonchev–Trinajstić information content (AvgIpc) is 2.66. The fourth-order valence-corrected chi connectivity index (χ4v) is 3.67. The number of carbonyl (C=O) groups is 2. The maximum atomic E-state index is 12.8. The molecule has 1 aliphatic heterocycles. The van der Waals surface area contributed by atoms with E-state index in [9.17, 15) is 9.59 Å². The molecule has 0 radical (unpaired) electrons. The predicted molar refractivity (Wildman–Crippen MR) is 107 cm³/mol. The summed E-state index contributed by atoms with van der Waals surface area (Å²) in [7, 11) is 0. The summed E-state index contributed by atoms with van der Waals surface area (Å²) in [6.07, 6.45) is 0. The van der Waals surface area contributed by atoms with E-state index in [2.05, 4.69) is 21.2 Å². The van der Waals surface area contributed by atoms with Crippen molar-refractivity contribution in [2.75, 3.05) is 6.61 Å². The van der Waals surface area contributed by atoms with E-state index in [1.807, 2.05) is 54.6 Å². The number of halogens is 1. The molecular formula is C21H21BrN2O3. The number of amides is 2. The largest absolute Gasteiger partial charge is 0.463 e. The number of benzene rings is 2. The lowest BCUT2D eigenvalue weighted by Gasteiger charge is -2.35. The van der Waals surface area contributed by atoms with Crippen molar-refractivity contribution in [2.45, 2.75) is 26.4 Å². The van der Waals surface area contributed by atoms with Gasteiger partial charge in [-0.1, -0.05) is 64.5 Å². The third-order valence-corrected chi connectivity index (χ3v) is 5.21. The maximum Gasteiger partial charge on any atom is 0.338 e. The van der Waals surface area contributed by atoms with Crippen LogP contribution in [0.4, 0.5) is 4.79 Å². The van der Waals surface area contributed by atoms with Gasteiger partial charge in [-0.15, -0.1) is 0 Å². The van der Waals surface area contributed by atoms with Crippen LogP contribution in [0.3, 0.4) is 0 Å². The van der Waals surface area contributed by atoms with Crippen molar-refractivity contribution in [3.8, 4) is 0 Å². The van der Waals surface area contributed by atoms with Gasteiger partial charge in [-0.2, -0.15) is 0 Å². The van der Waals surface area contributed by atoms with Gasteiger partial charge >= 0.3 is 12.0 Å². The SMILES string of the molecule is CCOC(=O)C1=C(C)N(Cc2ccccc2)C(=O)NC1c1ccccc1Br. The maximum absolute atomic E-state index is 12.8. The molecule has 27 heavy (non-hydrogen) atoms. The molecule has 5 nitrogen and oxygen atoms in total. The van der Waals surface area contributed by atoms with E-state index in [4.69, 9.17) is 4.74 Å². The molecule has 2 aromatic rings. The number of ether oxygens (including phenoxy) is 1. The van der Waals surface area contributed by atoms with Gasteiger partial charge in [0.05, 0.1) is 24.8 Å². The number of hydrogen-bond donors (Lipinski definition) is 1. The molecule has 0 aliphatic carbocycles. The van der Waals surface area contributed by atoms with Crippen molar-refractivity contribution >= 4 is 27.9 Å². The molecule has 1 N–H and O–H groups in total. The summed E-state index contributed by atoms with van der Waals surface area (Å²) in [6, 6.07) is 16.4. The van der Waals surface area contributed by atoms with E-state index in [0.717, 1.165) is 15.6 Å². The molecular weight excluding hydrogens is 408 g/mol. The second-order valence-corrected chi connectivity index (χ2v) is 7.05. The zero-order valence-electron chi connectivity index (χ0n) is 15.2. The van der Waals surface area contributed by atoms with E-state index >= 15 is 0 Å². The number of allylic oxidation sites excluding steroid dienone is 1. The summed E-state index contributed by atoms with van der Waals surface area (Å²) in [5.41, 5.74) is 2.84. The van der Waals surface area contributed by atoms with Gasteiger partial charge in [0, 0.05) is 10.2 Å². The number of urea groups is 1. The van der Waals surface area contributed by atoms with Crippen molar-refractivity contribution in [1.29, 1.82) is 0 Å². The van der Waals surface area contributed by atoms with Crippen LogP contribution in [0, 0.1) is 0 Å². The van der Waals surface area contributed by atoms with E-state index in [1.54, 1.807) is 18.7 Å². The van der Waals surface area contributed by atoms with E-state index in [-0.39, 0.29) is 12.6 Å². The number of nitrogens with one attached hydrogen (secondary N) is 1. The van der Waals surface area contributed by atoms with Crippen LogP contribution in [0.5, 0.6) is 0 Å². The molecule has 2 aromatic carbocycles. The highest BCUT2D eigenvalue weighted by molar-refractivity contribution is 9.10. The predicted octanol–water partition coefficient (Wildman–Crippen LogP) is 4.55. The number of nitrogens with zero attached hydrogens (tertiary/aromatic N) is 1. The molecule has 140 valence electrons. The summed E-state index contributed by atoms with van der Waals surface area (Å²) in [4.78, 5) is 27.2. The van der Waals surface area contributed by atoms with Gasteiger partial charge in [0.15, 0.2) is 0 Å². The van der Waals surface area contributed by atoms with Gasteiger partial charge in [0.25, 0.3) is 0 Å². The van der Waals surface area contributed by atoms with Crippen LogP contribution in [0.25, 0.3) is 0 Å². The highest BCUT2D eigenvalue weighted by atomic mass is 79.9. The number of hydrogen-bond acceptors (Lipinski definition) is 3. The molecule has 1 aliphatic rings. The van der Waals surface area contributed by atoms with Crippen LogP contribution in [-0.2, 0) is 16.1 Å². The Morgan fingerprint density at radius 2 is 1.81 bits per heavy atom. The summed E-state index contributed by atoms with van der Waals surface area (Å²) in [5, 5.41) is 2.96. The van der Waals surface area contributed by atoms with Crippen LogP contribution >= 0.6 is 15.9 Å². The van der Waals surface area contributed by atoms with Gasteiger partial charge in [0.2, 0.25) is 0 Å². The first-order valence-corrected chi connectivity index (χ1v) is 9.56. The van der Waals surface area contributed by atoms with Crippen molar-refractivity contribution in [2.24, 2.45) is 0 Å². The van der Waals surface area contributed by atoms with Gasteiger partial charge in [-0.25, -0.2) is 9.59 Å². The first kappa shape index (κ1) is 19.2. The number of rotatable bonds is 5. The lowest BCUT2D eigenvalue weighted by atomic mass is 9.94. The fourth-order valence-electron chi connectivity index (χ4n) is 3.15. The third kappa shape index (κ3) is 4.06. The number of carbonyl (C=O) groups excluding carboxylic acids is 2. The second kappa shape index (κ2) is 8.39. The third-order valence-electron chi connectivity index (χ3n) is 4.49. The second-order valence-electron chi connectivity index (χ2n) is 6.20. The Hall–Kier alpha value is -2.60. The minimum Gasteiger partial charge on any atom is -0.463 e. The fraction of sp³-hybridized carbons (Fsp3) is 0.238. The Kier molecular flexibility index (Phi) is 5.96. The summed E-state index contributed by atoms with van der Waals surface area (Å²) in [5.74, 6) is -0.422. The minimum atomic E-state index is -0.570. The smallest absolute Gasteiger partial charge is 0.338 e. The lowest BCUT2D eigenvalue weighted by Crippen LogP contribution is -2.47. The Bertz CT molecular complexity index is 880. The van der Waals surface area contributed by atoms with Crippen LogP contribution in [0.15, 0.2) is 70.3 Å². The van der Waals surface area contributed by atoms with Crippen molar-refractivity contribution in [1.82, 2.24) is 10.2 Å². The quantitative estimate of drug-likeness (QED) is 0.710. The summed E-state index contributed by atoms with van der Waals surface area (Å²) in [6.45, 7) is 4.21. The van der Waals surface area contributed by atoms with Gasteiger partial charge in [-0.05, 0) is 31.0 Å². The van der Waals surface area contributed by atoms with Crippen LogP contribution in [0.2, 0.25) is 0 Å². The first-order valence-electron chi connectivity index (χ1n) is 8.77. The Morgan fingerprint density at radius 3 is 2.48 bits per heavy atom. The van der Waals surface area contributed by atoms with Crippen LogP contribution in [-0.4, -0.2) is 23.5 Å². The summed E-state index contributed by atoms with van der Waals surface area (Å²) < 4.78 is 6.11. The normalized spacial score (nSPS) is 16.9. The molecule has 0 spiro atoms. The monoisotopic (exact) mass is 428 g/mol. The zero-order chi connectivity index (χ0) is 19.4. The Morgan fingerprint density at radius 1 is 1.15 bits per heavy atom. The molecule has 6 heteroatoms. The molecule has 2 amide bonds. The molecule has 0 fully saturated rings. The summed E-state index contributed by atoms with van der Waals surface area (Å²) >= 11 is 3.52. The van der Waals surface area contributed by atoms with Gasteiger partial charge in [-0.3, -0.25) is 4.90 Å². The molecule has 1 unspecified atom stereocenters. The van der Waals surface area contributed by atoms with Crippen LogP contribution < -0.4 is 5.32 Å². The molecule has 0 aromatic heterocycles. The molecule has 0 saturated heterocycles. The average molecular weight is 429 g/mol. The molecule has 1 heterocycles. The molecule has 1 atom stereocenters. The van der Waals surface area contributed by atoms with E-state index in [1.165, 1.54) is 0 Å². The Balaban J connectivity index is 2.05.